The molecule has 0 amide bonds. The van der Waals surface area contributed by atoms with Gasteiger partial charge in [0.1, 0.15) is 29.6 Å². The Hall–Kier alpha value is -4.79. The predicted molar refractivity (Wildman–Crippen MR) is 171 cm³/mol. The minimum Gasteiger partial charge on any atom is -0.516 e. The van der Waals surface area contributed by atoms with E-state index in [-0.39, 0.29) is 63.3 Å². The van der Waals surface area contributed by atoms with Crippen LogP contribution in [-0.4, -0.2) is 70.4 Å². The molecule has 3 aromatic carbocycles. The summed E-state index contributed by atoms with van der Waals surface area (Å²) in [6.07, 6.45) is 13.5. The van der Waals surface area contributed by atoms with E-state index in [1.807, 2.05) is 4.90 Å². The third kappa shape index (κ3) is 4.47. The average Bonchev–Trinajstić information content (AvgIpc) is 3.71. The molecule has 3 fully saturated rings. The van der Waals surface area contributed by atoms with Crippen LogP contribution in [0.15, 0.2) is 54.3 Å². The van der Waals surface area contributed by atoms with Crippen molar-refractivity contribution in [1.29, 1.82) is 0 Å². The Morgan fingerprint density at radius 3 is 2.70 bits per heavy atom. The second-order valence-corrected chi connectivity index (χ2v) is 12.7. The lowest BCUT2D eigenvalue weighted by Gasteiger charge is -2.35. The summed E-state index contributed by atoms with van der Waals surface area (Å²) in [6.45, 7) is 2.86. The number of nitrogens with zero attached hydrogens (tertiary/aromatic N) is 4. The molecule has 8 rings (SSSR count). The molecule has 0 saturated carbocycles. The molecule has 0 radical (unpaired) electrons. The maximum atomic E-state index is 16.9. The normalized spacial score (nSPS) is 24.7. The number of aliphatic hydroxyl groups excluding tert-OH is 1. The van der Waals surface area contributed by atoms with E-state index >= 15 is 8.78 Å². The highest BCUT2D eigenvalue weighted by atomic mass is 19.1. The van der Waals surface area contributed by atoms with Gasteiger partial charge in [-0.1, -0.05) is 24.1 Å². The summed E-state index contributed by atoms with van der Waals surface area (Å²) in [6, 6.07) is 6.98. The van der Waals surface area contributed by atoms with Gasteiger partial charge in [0.2, 0.25) is 0 Å². The number of nitrogen functional groups attached to an aromatic ring is 1. The minimum atomic E-state index is -0.953. The van der Waals surface area contributed by atoms with Crippen LogP contribution in [0.1, 0.15) is 24.8 Å². The summed E-state index contributed by atoms with van der Waals surface area (Å²) in [4.78, 5) is 13.5. The summed E-state index contributed by atoms with van der Waals surface area (Å²) in [5.41, 5.74) is 6.37. The van der Waals surface area contributed by atoms with Crippen molar-refractivity contribution in [3.63, 3.8) is 0 Å². The molecule has 8 nitrogen and oxygen atoms in total. The summed E-state index contributed by atoms with van der Waals surface area (Å²) < 4.78 is 54.3. The lowest BCUT2D eigenvalue weighted by Crippen LogP contribution is -2.52. The lowest BCUT2D eigenvalue weighted by molar-refractivity contribution is 0.108. The average molecular weight is 625 g/mol. The van der Waals surface area contributed by atoms with Crippen LogP contribution in [0.4, 0.5) is 24.7 Å². The first kappa shape index (κ1) is 28.7. The number of nitrogens with two attached hydrogens (primary N) is 1. The van der Waals surface area contributed by atoms with E-state index in [1.54, 1.807) is 6.07 Å². The molecule has 0 spiro atoms. The largest absolute Gasteiger partial charge is 0.516 e. The zero-order valence-electron chi connectivity index (χ0n) is 24.9. The molecule has 2 bridgehead atoms. The van der Waals surface area contributed by atoms with Crippen LogP contribution in [0.2, 0.25) is 0 Å². The Labute approximate surface area is 263 Å². The van der Waals surface area contributed by atoms with E-state index in [0.717, 1.165) is 25.0 Å². The first-order chi connectivity index (χ1) is 22.3. The molecule has 5 heterocycles. The summed E-state index contributed by atoms with van der Waals surface area (Å²) >= 11 is 0. The number of ether oxygens (including phenoxy) is 1. The van der Waals surface area contributed by atoms with Gasteiger partial charge in [0, 0.05) is 48.2 Å². The van der Waals surface area contributed by atoms with Crippen LogP contribution >= 0.6 is 0 Å². The van der Waals surface area contributed by atoms with Crippen LogP contribution < -0.4 is 20.7 Å². The number of halogens is 3. The fraction of sp³-hybridized carbons (Fsp3) is 0.314. The standard InChI is InChI=1S/C35H31F3N6O2/c1-2-24-27(36)7-4-20-10-21(39)11-25(29(20)24)30-28(37)12-26-32(31(30)38)41-34(42-33(26)43-15-22-5-6-23(16-43)40-22)46-18-35-8-3-9-44(35)14-19(13-35)17-45/h1,4-7,10-12,17,22-23,40,45H,3,8-9,13-16,18,39H2/b19-17-/t22?,23?,35-/m0/s1. The van der Waals surface area contributed by atoms with Gasteiger partial charge in [0.25, 0.3) is 0 Å². The van der Waals surface area contributed by atoms with Crippen molar-refractivity contribution in [2.75, 3.05) is 43.4 Å². The maximum Gasteiger partial charge on any atom is 0.319 e. The molecular formula is C35H31F3N6O2. The third-order valence-corrected chi connectivity index (χ3v) is 9.83. The quantitative estimate of drug-likeness (QED) is 0.121. The van der Waals surface area contributed by atoms with Crippen molar-refractivity contribution >= 4 is 33.2 Å². The number of rotatable bonds is 5. The molecule has 3 atom stereocenters. The van der Waals surface area contributed by atoms with Gasteiger partial charge in [-0.15, -0.1) is 6.42 Å². The van der Waals surface area contributed by atoms with Crippen LogP contribution in [0, 0.1) is 29.8 Å². The minimum absolute atomic E-state index is 0.0289. The fourth-order valence-electron chi connectivity index (χ4n) is 7.78. The van der Waals surface area contributed by atoms with Crippen molar-refractivity contribution in [3.05, 3.63) is 77.3 Å². The summed E-state index contributed by atoms with van der Waals surface area (Å²) in [5, 5.41) is 14.0. The molecule has 4 aliphatic rings. The fourth-order valence-corrected chi connectivity index (χ4v) is 7.78. The highest BCUT2D eigenvalue weighted by Gasteiger charge is 2.47. The zero-order chi connectivity index (χ0) is 31.7. The van der Waals surface area contributed by atoms with E-state index in [2.05, 4.69) is 33.3 Å². The molecule has 46 heavy (non-hydrogen) atoms. The van der Waals surface area contributed by atoms with E-state index in [4.69, 9.17) is 21.9 Å². The van der Waals surface area contributed by atoms with Crippen LogP contribution in [-0.2, 0) is 0 Å². The van der Waals surface area contributed by atoms with Gasteiger partial charge in [-0.05, 0) is 66.6 Å². The number of anilines is 2. The molecule has 4 N–H and O–H groups in total. The van der Waals surface area contributed by atoms with E-state index in [0.29, 0.717) is 37.3 Å². The van der Waals surface area contributed by atoms with Crippen LogP contribution in [0.5, 0.6) is 6.01 Å². The number of aromatic nitrogens is 2. The number of benzene rings is 3. The van der Waals surface area contributed by atoms with Crippen molar-refractivity contribution in [2.24, 2.45) is 0 Å². The number of nitrogens with one attached hydrogen (secondary N) is 1. The number of hydrogen-bond acceptors (Lipinski definition) is 8. The Morgan fingerprint density at radius 1 is 1.13 bits per heavy atom. The summed E-state index contributed by atoms with van der Waals surface area (Å²) in [7, 11) is 0. The first-order valence-corrected chi connectivity index (χ1v) is 15.3. The first-order valence-electron chi connectivity index (χ1n) is 15.3. The van der Waals surface area contributed by atoms with Crippen molar-refractivity contribution in [3.8, 4) is 29.5 Å². The van der Waals surface area contributed by atoms with Crippen molar-refractivity contribution < 1.29 is 23.0 Å². The Balaban J connectivity index is 1.30. The van der Waals surface area contributed by atoms with Crippen LogP contribution in [0.3, 0.4) is 0 Å². The monoisotopic (exact) mass is 624 g/mol. The van der Waals surface area contributed by atoms with Crippen molar-refractivity contribution in [2.45, 2.75) is 36.9 Å². The summed E-state index contributed by atoms with van der Waals surface area (Å²) in [5.74, 6) is 0.183. The van der Waals surface area contributed by atoms with E-state index < -0.39 is 23.0 Å². The van der Waals surface area contributed by atoms with Gasteiger partial charge < -0.3 is 25.8 Å². The SMILES string of the molecule is C#Cc1c(F)ccc2cc(N)cc(-c3c(F)cc4c(N5CC6C=CC(C5)N6)nc(OC[C@@]56CCCN5C/C(=C\O)C6)nc4c3F)c12. The number of piperazine rings is 1. The maximum absolute atomic E-state index is 16.9. The second-order valence-electron chi connectivity index (χ2n) is 12.7. The molecule has 4 aliphatic heterocycles. The molecule has 2 unspecified atom stereocenters. The molecule has 234 valence electrons. The zero-order valence-corrected chi connectivity index (χ0v) is 24.9. The smallest absolute Gasteiger partial charge is 0.319 e. The Kier molecular flexibility index (Phi) is 6.63. The van der Waals surface area contributed by atoms with Gasteiger partial charge in [-0.3, -0.25) is 4.90 Å². The van der Waals surface area contributed by atoms with Crippen LogP contribution in [0.25, 0.3) is 32.8 Å². The van der Waals surface area contributed by atoms with Gasteiger partial charge in [0.15, 0.2) is 5.82 Å². The highest BCUT2D eigenvalue weighted by molar-refractivity contribution is 6.05. The molecule has 11 heteroatoms. The van der Waals surface area contributed by atoms with Gasteiger partial charge in [0.05, 0.1) is 22.9 Å². The lowest BCUT2D eigenvalue weighted by atomic mass is 9.92. The Bertz CT molecular complexity index is 2030. The molecular weight excluding hydrogens is 593 g/mol. The van der Waals surface area contributed by atoms with Gasteiger partial charge in [-0.2, -0.15) is 9.97 Å². The second kappa shape index (κ2) is 10.6. The van der Waals surface area contributed by atoms with Gasteiger partial charge >= 0.3 is 6.01 Å². The number of hydrogen-bond donors (Lipinski definition) is 3. The third-order valence-electron chi connectivity index (χ3n) is 9.83. The van der Waals surface area contributed by atoms with Gasteiger partial charge in [-0.25, -0.2) is 13.2 Å². The number of fused-ring (bicyclic) bond motifs is 5. The Morgan fingerprint density at radius 2 is 1.93 bits per heavy atom. The number of terminal acetylenes is 1. The highest BCUT2D eigenvalue weighted by Crippen LogP contribution is 2.43. The molecule has 0 aliphatic carbocycles. The number of aliphatic hydroxyl groups is 1. The van der Waals surface area contributed by atoms with E-state index in [1.165, 1.54) is 30.5 Å². The van der Waals surface area contributed by atoms with Crippen molar-refractivity contribution in [1.82, 2.24) is 20.2 Å². The van der Waals surface area contributed by atoms with E-state index in [9.17, 15) is 9.50 Å². The molecule has 4 aromatic rings. The molecule has 3 saturated heterocycles. The predicted octanol–water partition coefficient (Wildman–Crippen LogP) is 5.21. The molecule has 1 aromatic heterocycles. The topological polar surface area (TPSA) is 99.8 Å².